The van der Waals surface area contributed by atoms with Gasteiger partial charge in [0.05, 0.1) is 0 Å². The first-order chi connectivity index (χ1) is 4.74. The lowest BCUT2D eigenvalue weighted by atomic mass is 9.73. The van der Waals surface area contributed by atoms with Crippen molar-refractivity contribution in [3.8, 4) is 5.75 Å². The second-order valence-electron chi connectivity index (χ2n) is 2.24. The molecule has 0 heterocycles. The molecule has 0 aromatic heterocycles. The molecule has 0 atom stereocenters. The van der Waals surface area contributed by atoms with Crippen molar-refractivity contribution in [2.24, 2.45) is 0 Å². The predicted molar refractivity (Wildman–Crippen MR) is 45.2 cm³/mol. The van der Waals surface area contributed by atoms with E-state index in [4.69, 9.17) is 5.73 Å². The van der Waals surface area contributed by atoms with Crippen molar-refractivity contribution in [3.63, 3.8) is 0 Å². The van der Waals surface area contributed by atoms with E-state index in [0.29, 0.717) is 11.4 Å². The molecule has 0 radical (unpaired) electrons. The van der Waals surface area contributed by atoms with E-state index in [-0.39, 0.29) is 0 Å². The Kier molecular flexibility index (Phi) is 1.85. The molecule has 2 nitrogen and oxygen atoms in total. The zero-order valence-corrected chi connectivity index (χ0v) is 5.96. The second kappa shape index (κ2) is 2.65. The molecule has 0 unspecified atom stereocenters. The van der Waals surface area contributed by atoms with Crippen molar-refractivity contribution in [1.29, 1.82) is 0 Å². The number of rotatable bonds is 1. The van der Waals surface area contributed by atoms with Crippen LogP contribution in [0.25, 0.3) is 0 Å². The van der Waals surface area contributed by atoms with Crippen LogP contribution in [0.4, 0.5) is 5.69 Å². The van der Waals surface area contributed by atoms with Gasteiger partial charge in [-0.25, -0.2) is 0 Å². The standard InChI is InChI=1S/C7H10BNO/c1-8-6-4-5(9)2-3-7(6)10/h2-4,8,10H,9H2,1H3. The van der Waals surface area contributed by atoms with Gasteiger partial charge >= 0.3 is 0 Å². The maximum atomic E-state index is 9.18. The molecule has 1 aromatic carbocycles. The third-order valence-electron chi connectivity index (χ3n) is 1.48. The van der Waals surface area contributed by atoms with Crippen LogP contribution in [0.5, 0.6) is 5.75 Å². The highest BCUT2D eigenvalue weighted by Crippen LogP contribution is 2.07. The summed E-state index contributed by atoms with van der Waals surface area (Å²) in [6.07, 6.45) is 0. The molecule has 1 rings (SSSR count). The number of benzene rings is 1. The Balaban J connectivity index is 3.09. The van der Waals surface area contributed by atoms with Gasteiger partial charge in [0.1, 0.15) is 5.75 Å². The number of hydrogen-bond donors (Lipinski definition) is 2. The lowest BCUT2D eigenvalue weighted by molar-refractivity contribution is 0.479. The first kappa shape index (κ1) is 7.00. The Labute approximate surface area is 60.9 Å². The van der Waals surface area contributed by atoms with E-state index in [1.807, 2.05) is 6.82 Å². The average molecular weight is 135 g/mol. The zero-order valence-electron chi connectivity index (χ0n) is 5.96. The van der Waals surface area contributed by atoms with Gasteiger partial charge in [-0.15, -0.1) is 0 Å². The molecule has 0 bridgehead atoms. The van der Waals surface area contributed by atoms with Crippen LogP contribution in [-0.4, -0.2) is 12.4 Å². The van der Waals surface area contributed by atoms with Crippen LogP contribution in [-0.2, 0) is 0 Å². The van der Waals surface area contributed by atoms with E-state index < -0.39 is 0 Å². The number of nitrogen functional groups attached to an aromatic ring is 1. The number of nitrogens with two attached hydrogens (primary N) is 1. The number of hydrogen-bond acceptors (Lipinski definition) is 2. The molecular formula is C7H10BNO. The topological polar surface area (TPSA) is 46.2 Å². The largest absolute Gasteiger partial charge is 0.509 e. The summed E-state index contributed by atoms with van der Waals surface area (Å²) in [6.45, 7) is 1.98. The van der Waals surface area contributed by atoms with Gasteiger partial charge in [0.25, 0.3) is 0 Å². The first-order valence-electron chi connectivity index (χ1n) is 3.31. The Morgan fingerprint density at radius 1 is 1.50 bits per heavy atom. The summed E-state index contributed by atoms with van der Waals surface area (Å²) < 4.78 is 0. The first-order valence-corrected chi connectivity index (χ1v) is 3.31. The molecule has 0 aliphatic heterocycles. The zero-order chi connectivity index (χ0) is 7.56. The fourth-order valence-corrected chi connectivity index (χ4v) is 0.889. The highest BCUT2D eigenvalue weighted by Gasteiger charge is 1.97. The SMILES string of the molecule is CBc1cc(N)ccc1O. The van der Waals surface area contributed by atoms with Crippen molar-refractivity contribution in [1.82, 2.24) is 0 Å². The molecule has 0 saturated carbocycles. The second-order valence-corrected chi connectivity index (χ2v) is 2.24. The number of anilines is 1. The van der Waals surface area contributed by atoms with E-state index in [2.05, 4.69) is 0 Å². The molecule has 3 N–H and O–H groups in total. The third kappa shape index (κ3) is 1.24. The van der Waals surface area contributed by atoms with Crippen LogP contribution in [0.1, 0.15) is 0 Å². The molecule has 0 amide bonds. The highest BCUT2D eigenvalue weighted by molar-refractivity contribution is 6.53. The number of aromatic hydroxyl groups is 1. The van der Waals surface area contributed by atoms with Crippen molar-refractivity contribution < 1.29 is 5.11 Å². The van der Waals surface area contributed by atoms with Crippen LogP contribution < -0.4 is 11.2 Å². The molecule has 0 saturated heterocycles. The van der Waals surface area contributed by atoms with Gasteiger partial charge in [-0.1, -0.05) is 6.82 Å². The Hall–Kier alpha value is -1.12. The molecule has 52 valence electrons. The molecule has 0 aliphatic rings. The molecule has 0 spiro atoms. The highest BCUT2D eigenvalue weighted by atomic mass is 16.3. The summed E-state index contributed by atoms with van der Waals surface area (Å²) in [5.41, 5.74) is 7.10. The van der Waals surface area contributed by atoms with Crippen LogP contribution in [0.3, 0.4) is 0 Å². The van der Waals surface area contributed by atoms with E-state index in [9.17, 15) is 5.11 Å². The quantitative estimate of drug-likeness (QED) is 0.325. The van der Waals surface area contributed by atoms with Crippen LogP contribution in [0.2, 0.25) is 6.82 Å². The predicted octanol–water partition coefficient (Wildman–Crippen LogP) is 0.0843. The van der Waals surface area contributed by atoms with Crippen LogP contribution in [0.15, 0.2) is 18.2 Å². The van der Waals surface area contributed by atoms with Gasteiger partial charge in [-0.2, -0.15) is 0 Å². The van der Waals surface area contributed by atoms with Gasteiger partial charge in [0.15, 0.2) is 7.28 Å². The molecule has 0 aliphatic carbocycles. The molecular weight excluding hydrogens is 125 g/mol. The summed E-state index contributed by atoms with van der Waals surface area (Å²) in [6, 6.07) is 5.10. The summed E-state index contributed by atoms with van der Waals surface area (Å²) in [5.74, 6) is 0.330. The summed E-state index contributed by atoms with van der Waals surface area (Å²) in [5, 5.41) is 9.18. The van der Waals surface area contributed by atoms with E-state index in [0.717, 1.165) is 12.7 Å². The van der Waals surface area contributed by atoms with Gasteiger partial charge in [0.2, 0.25) is 0 Å². The Bertz CT molecular complexity index is 237. The van der Waals surface area contributed by atoms with Crippen molar-refractivity contribution in [3.05, 3.63) is 18.2 Å². The molecule has 3 heteroatoms. The molecule has 1 aromatic rings. The normalized spacial score (nSPS) is 9.30. The Morgan fingerprint density at radius 2 is 2.20 bits per heavy atom. The van der Waals surface area contributed by atoms with Crippen molar-refractivity contribution in [2.45, 2.75) is 6.82 Å². The number of phenolic OH excluding ortho intramolecular Hbond substituents is 1. The molecule has 0 fully saturated rings. The lowest BCUT2D eigenvalue weighted by Crippen LogP contribution is -2.11. The van der Waals surface area contributed by atoms with Crippen LogP contribution in [0, 0.1) is 0 Å². The summed E-state index contributed by atoms with van der Waals surface area (Å²) in [7, 11) is 0.816. The maximum absolute atomic E-state index is 9.18. The van der Waals surface area contributed by atoms with Gasteiger partial charge in [-0.3, -0.25) is 0 Å². The van der Waals surface area contributed by atoms with Gasteiger partial charge < -0.3 is 10.8 Å². The minimum atomic E-state index is 0.330. The molecule has 10 heavy (non-hydrogen) atoms. The monoisotopic (exact) mass is 135 g/mol. The summed E-state index contributed by atoms with van der Waals surface area (Å²) in [4.78, 5) is 0. The Morgan fingerprint density at radius 3 is 2.70 bits per heavy atom. The van der Waals surface area contributed by atoms with Crippen LogP contribution >= 0.6 is 0 Å². The van der Waals surface area contributed by atoms with E-state index >= 15 is 0 Å². The smallest absolute Gasteiger partial charge is 0.159 e. The summed E-state index contributed by atoms with van der Waals surface area (Å²) >= 11 is 0. The maximum Gasteiger partial charge on any atom is 0.159 e. The minimum absolute atomic E-state index is 0.330. The van der Waals surface area contributed by atoms with E-state index in [1.54, 1.807) is 18.2 Å². The van der Waals surface area contributed by atoms with Crippen molar-refractivity contribution >= 4 is 18.4 Å². The van der Waals surface area contributed by atoms with Gasteiger partial charge in [-0.05, 0) is 23.7 Å². The third-order valence-corrected chi connectivity index (χ3v) is 1.48. The average Bonchev–Trinajstić information content (AvgIpc) is 1.94. The van der Waals surface area contributed by atoms with Gasteiger partial charge in [0, 0.05) is 5.69 Å². The fourth-order valence-electron chi connectivity index (χ4n) is 0.889. The number of phenols is 1. The fraction of sp³-hybridized carbons (Fsp3) is 0.143. The minimum Gasteiger partial charge on any atom is -0.509 e. The van der Waals surface area contributed by atoms with Crippen molar-refractivity contribution in [2.75, 3.05) is 5.73 Å². The lowest BCUT2D eigenvalue weighted by Gasteiger charge is -2.00. The van der Waals surface area contributed by atoms with E-state index in [1.165, 1.54) is 0 Å².